The number of hydrogen-bond donors (Lipinski definition) is 1. The van der Waals surface area contributed by atoms with Crippen molar-refractivity contribution in [2.45, 2.75) is 32.3 Å². The number of halogens is 1. The Morgan fingerprint density at radius 1 is 1.47 bits per heavy atom. The highest BCUT2D eigenvalue weighted by molar-refractivity contribution is 5.79. The number of carbonyl (C=O) groups excluding carboxylic acids is 1. The fourth-order valence-electron chi connectivity index (χ4n) is 2.56. The molecule has 1 aliphatic rings. The highest BCUT2D eigenvalue weighted by atomic mass is 19.1. The van der Waals surface area contributed by atoms with Crippen LogP contribution in [0.5, 0.6) is 0 Å². The summed E-state index contributed by atoms with van der Waals surface area (Å²) in [6.45, 7) is 3.15. The molecule has 0 aromatic heterocycles. The van der Waals surface area contributed by atoms with Gasteiger partial charge >= 0.3 is 0 Å². The fourth-order valence-corrected chi connectivity index (χ4v) is 2.56. The van der Waals surface area contributed by atoms with Gasteiger partial charge < -0.3 is 10.0 Å². The number of hydrogen-bond acceptors (Lipinski definition) is 2. The van der Waals surface area contributed by atoms with Crippen LogP contribution in [0.2, 0.25) is 0 Å². The Morgan fingerprint density at radius 3 is 2.89 bits per heavy atom. The molecule has 19 heavy (non-hydrogen) atoms. The molecule has 2 atom stereocenters. The number of nitrogens with zero attached hydrogens (tertiary/aromatic N) is 1. The zero-order valence-corrected chi connectivity index (χ0v) is 11.2. The van der Waals surface area contributed by atoms with Crippen LogP contribution in [0.25, 0.3) is 0 Å². The van der Waals surface area contributed by atoms with Crippen LogP contribution in [0.4, 0.5) is 4.39 Å². The van der Waals surface area contributed by atoms with E-state index in [0.717, 1.165) is 6.42 Å². The van der Waals surface area contributed by atoms with E-state index in [2.05, 4.69) is 0 Å². The topological polar surface area (TPSA) is 40.5 Å². The summed E-state index contributed by atoms with van der Waals surface area (Å²) in [7, 11) is 0. The molecule has 1 fully saturated rings. The van der Waals surface area contributed by atoms with Gasteiger partial charge in [0.25, 0.3) is 0 Å². The number of aliphatic hydroxyl groups excluding tert-OH is 1. The first-order chi connectivity index (χ1) is 9.11. The van der Waals surface area contributed by atoms with Crippen molar-refractivity contribution in [1.29, 1.82) is 0 Å². The highest BCUT2D eigenvalue weighted by Crippen LogP contribution is 2.21. The van der Waals surface area contributed by atoms with Crippen LogP contribution in [0.15, 0.2) is 24.3 Å². The maximum Gasteiger partial charge on any atom is 0.227 e. The first-order valence-electron chi connectivity index (χ1n) is 6.81. The maximum atomic E-state index is 13.5. The molecule has 1 heterocycles. The van der Waals surface area contributed by atoms with Gasteiger partial charge in [-0.2, -0.15) is 0 Å². The summed E-state index contributed by atoms with van der Waals surface area (Å²) < 4.78 is 13.5. The summed E-state index contributed by atoms with van der Waals surface area (Å²) in [5, 5.41) is 9.80. The lowest BCUT2D eigenvalue weighted by Crippen LogP contribution is -2.46. The third-order valence-corrected chi connectivity index (χ3v) is 3.87. The van der Waals surface area contributed by atoms with Gasteiger partial charge in [-0.05, 0) is 24.5 Å². The van der Waals surface area contributed by atoms with E-state index < -0.39 is 0 Å². The standard InChI is InChI=1S/C15H20FNO2/c1-2-11-10-17(8-7-14(11)18)15(19)9-12-5-3-4-6-13(12)16/h3-6,11,14,18H,2,7-10H2,1H3. The van der Waals surface area contributed by atoms with Gasteiger partial charge in [-0.15, -0.1) is 0 Å². The van der Waals surface area contributed by atoms with Crippen molar-refractivity contribution in [1.82, 2.24) is 4.90 Å². The lowest BCUT2D eigenvalue weighted by atomic mass is 9.92. The van der Waals surface area contributed by atoms with Gasteiger partial charge in [0.15, 0.2) is 0 Å². The van der Waals surface area contributed by atoms with E-state index in [-0.39, 0.29) is 30.2 Å². The maximum absolute atomic E-state index is 13.5. The monoisotopic (exact) mass is 265 g/mol. The molecule has 1 saturated heterocycles. The van der Waals surface area contributed by atoms with E-state index in [4.69, 9.17) is 0 Å². The van der Waals surface area contributed by atoms with Gasteiger partial charge in [0.1, 0.15) is 5.82 Å². The van der Waals surface area contributed by atoms with Crippen LogP contribution in [0, 0.1) is 11.7 Å². The number of amides is 1. The summed E-state index contributed by atoms with van der Waals surface area (Å²) in [4.78, 5) is 13.9. The van der Waals surface area contributed by atoms with E-state index >= 15 is 0 Å². The molecule has 1 N–H and O–H groups in total. The second-order valence-electron chi connectivity index (χ2n) is 5.13. The van der Waals surface area contributed by atoms with Crippen LogP contribution in [0.3, 0.4) is 0 Å². The van der Waals surface area contributed by atoms with Crippen molar-refractivity contribution in [3.05, 3.63) is 35.6 Å². The van der Waals surface area contributed by atoms with Crippen LogP contribution in [-0.4, -0.2) is 35.1 Å². The van der Waals surface area contributed by atoms with Crippen molar-refractivity contribution in [3.8, 4) is 0 Å². The average molecular weight is 265 g/mol. The van der Waals surface area contributed by atoms with Crippen molar-refractivity contribution in [2.24, 2.45) is 5.92 Å². The molecule has 4 heteroatoms. The Kier molecular flexibility index (Phi) is 4.53. The first kappa shape index (κ1) is 14.0. The molecule has 2 rings (SSSR count). The summed E-state index contributed by atoms with van der Waals surface area (Å²) in [6, 6.07) is 6.37. The third-order valence-electron chi connectivity index (χ3n) is 3.87. The highest BCUT2D eigenvalue weighted by Gasteiger charge is 2.29. The quantitative estimate of drug-likeness (QED) is 0.908. The molecule has 1 aromatic carbocycles. The van der Waals surface area contributed by atoms with Gasteiger partial charge in [-0.3, -0.25) is 4.79 Å². The van der Waals surface area contributed by atoms with Crippen molar-refractivity contribution >= 4 is 5.91 Å². The molecular weight excluding hydrogens is 245 g/mol. The zero-order valence-electron chi connectivity index (χ0n) is 11.2. The van der Waals surface area contributed by atoms with E-state index in [0.29, 0.717) is 25.1 Å². The SMILES string of the molecule is CCC1CN(C(=O)Cc2ccccc2F)CCC1O. The Hall–Kier alpha value is -1.42. The summed E-state index contributed by atoms with van der Waals surface area (Å²) in [5.41, 5.74) is 0.437. The second kappa shape index (κ2) is 6.15. The predicted molar refractivity (Wildman–Crippen MR) is 71.1 cm³/mol. The molecule has 0 aliphatic carbocycles. The second-order valence-corrected chi connectivity index (χ2v) is 5.13. The molecule has 3 nitrogen and oxygen atoms in total. The Morgan fingerprint density at radius 2 is 2.21 bits per heavy atom. The lowest BCUT2D eigenvalue weighted by molar-refractivity contribution is -0.134. The molecule has 1 aliphatic heterocycles. The Bertz CT molecular complexity index is 450. The fraction of sp³-hybridized carbons (Fsp3) is 0.533. The van der Waals surface area contributed by atoms with Gasteiger partial charge in [0, 0.05) is 19.0 Å². The third kappa shape index (κ3) is 3.32. The van der Waals surface area contributed by atoms with Crippen LogP contribution in [0.1, 0.15) is 25.3 Å². The minimum absolute atomic E-state index is 0.0598. The molecular formula is C15H20FNO2. The largest absolute Gasteiger partial charge is 0.393 e. The van der Waals surface area contributed by atoms with Crippen LogP contribution >= 0.6 is 0 Å². The van der Waals surface area contributed by atoms with E-state index in [1.165, 1.54) is 6.07 Å². The minimum atomic E-state index is -0.333. The molecule has 0 saturated carbocycles. The zero-order chi connectivity index (χ0) is 13.8. The van der Waals surface area contributed by atoms with E-state index in [1.807, 2.05) is 6.92 Å². The van der Waals surface area contributed by atoms with Crippen LogP contribution in [-0.2, 0) is 11.2 Å². The van der Waals surface area contributed by atoms with Crippen LogP contribution < -0.4 is 0 Å². The Balaban J connectivity index is 1.99. The summed E-state index contributed by atoms with van der Waals surface area (Å²) in [5.74, 6) is -0.256. The molecule has 1 aromatic rings. The lowest BCUT2D eigenvalue weighted by Gasteiger charge is -2.35. The molecule has 0 radical (unpaired) electrons. The van der Waals surface area contributed by atoms with Crippen molar-refractivity contribution in [3.63, 3.8) is 0 Å². The number of aliphatic hydroxyl groups is 1. The van der Waals surface area contributed by atoms with Gasteiger partial charge in [-0.25, -0.2) is 4.39 Å². The van der Waals surface area contributed by atoms with E-state index in [1.54, 1.807) is 23.1 Å². The number of benzene rings is 1. The Labute approximate surface area is 113 Å². The molecule has 0 spiro atoms. The van der Waals surface area contributed by atoms with E-state index in [9.17, 15) is 14.3 Å². The smallest absolute Gasteiger partial charge is 0.227 e. The van der Waals surface area contributed by atoms with Gasteiger partial charge in [0.05, 0.1) is 12.5 Å². The molecule has 2 unspecified atom stereocenters. The first-order valence-corrected chi connectivity index (χ1v) is 6.81. The number of piperidine rings is 1. The van der Waals surface area contributed by atoms with Gasteiger partial charge in [0.2, 0.25) is 5.91 Å². The number of likely N-dealkylation sites (tertiary alicyclic amines) is 1. The normalized spacial score (nSPS) is 23.4. The molecule has 104 valence electrons. The summed E-state index contributed by atoms with van der Waals surface area (Å²) >= 11 is 0. The summed E-state index contributed by atoms with van der Waals surface area (Å²) in [6.07, 6.45) is 1.24. The molecule has 0 bridgehead atoms. The average Bonchev–Trinajstić information content (AvgIpc) is 2.42. The minimum Gasteiger partial charge on any atom is -0.393 e. The van der Waals surface area contributed by atoms with Gasteiger partial charge in [-0.1, -0.05) is 25.1 Å². The number of carbonyl (C=O) groups is 1. The number of rotatable bonds is 3. The predicted octanol–water partition coefficient (Wildman–Crippen LogP) is 1.99. The van der Waals surface area contributed by atoms with Crippen molar-refractivity contribution in [2.75, 3.05) is 13.1 Å². The van der Waals surface area contributed by atoms with Crippen molar-refractivity contribution < 1.29 is 14.3 Å². The molecule has 1 amide bonds.